The number of carbonyl (C=O) groups excluding carboxylic acids is 3. The van der Waals surface area contributed by atoms with E-state index in [1.165, 1.54) is 12.0 Å². The van der Waals surface area contributed by atoms with Gasteiger partial charge < -0.3 is 14.8 Å². The van der Waals surface area contributed by atoms with Gasteiger partial charge in [0, 0.05) is 5.69 Å². The Labute approximate surface area is 220 Å². The van der Waals surface area contributed by atoms with Crippen LogP contribution in [0.5, 0.6) is 11.5 Å². The van der Waals surface area contributed by atoms with Gasteiger partial charge in [0.2, 0.25) is 0 Å². The van der Waals surface area contributed by atoms with Crippen LogP contribution in [0.1, 0.15) is 27.8 Å². The van der Waals surface area contributed by atoms with E-state index in [0.29, 0.717) is 22.0 Å². The molecule has 3 aromatic carbocycles. The molecule has 3 aromatic rings. The summed E-state index contributed by atoms with van der Waals surface area (Å²) in [5.74, 6) is 0.176. The molecule has 0 spiro atoms. The highest BCUT2D eigenvalue weighted by molar-refractivity contribution is 8.18. The third kappa shape index (κ3) is 6.40. The minimum absolute atomic E-state index is 0.193. The van der Waals surface area contributed by atoms with Gasteiger partial charge in [-0.15, -0.1) is 0 Å². The molecule has 0 bridgehead atoms. The molecule has 1 fully saturated rings. The van der Waals surface area contributed by atoms with E-state index in [2.05, 4.69) is 5.32 Å². The molecule has 1 aliphatic heterocycles. The zero-order valence-corrected chi connectivity index (χ0v) is 22.0. The van der Waals surface area contributed by atoms with E-state index in [-0.39, 0.29) is 30.2 Å². The number of aryl methyl sites for hydroxylation is 3. The molecule has 0 aliphatic carbocycles. The van der Waals surface area contributed by atoms with E-state index in [9.17, 15) is 14.4 Å². The van der Waals surface area contributed by atoms with E-state index in [1.54, 1.807) is 24.3 Å². The lowest BCUT2D eigenvalue weighted by Gasteiger charge is -2.13. The monoisotopic (exact) mass is 516 g/mol. The number of hydrogen-bond acceptors (Lipinski definition) is 6. The third-order valence-electron chi connectivity index (χ3n) is 5.85. The van der Waals surface area contributed by atoms with Crippen molar-refractivity contribution in [2.75, 3.05) is 19.0 Å². The summed E-state index contributed by atoms with van der Waals surface area (Å²) in [6.45, 7) is 5.90. The normalized spacial score (nSPS) is 14.3. The fraction of sp³-hybridized carbons (Fsp3) is 0.207. The van der Waals surface area contributed by atoms with Gasteiger partial charge in [-0.25, -0.2) is 0 Å². The van der Waals surface area contributed by atoms with Crippen LogP contribution in [0.25, 0.3) is 6.08 Å². The van der Waals surface area contributed by atoms with E-state index in [0.717, 1.165) is 39.7 Å². The molecule has 1 heterocycles. The Bertz CT molecular complexity index is 1380. The molecule has 0 radical (unpaired) electrons. The van der Waals surface area contributed by atoms with Crippen molar-refractivity contribution >= 4 is 40.6 Å². The SMILES string of the molecule is COc1cc(/C=C2\SC(=O)N(Cc3ccc(C)cc3)C2=O)ccc1OCC(=O)Nc1cc(C)ccc1C. The summed E-state index contributed by atoms with van der Waals surface area (Å²) in [6, 6.07) is 18.7. The number of nitrogens with zero attached hydrogens (tertiary/aromatic N) is 1. The van der Waals surface area contributed by atoms with Crippen LogP contribution in [0, 0.1) is 20.8 Å². The van der Waals surface area contributed by atoms with Crippen molar-refractivity contribution in [1.29, 1.82) is 0 Å². The van der Waals surface area contributed by atoms with Crippen LogP contribution in [-0.2, 0) is 16.1 Å². The number of thioether (sulfide) groups is 1. The molecule has 4 rings (SSSR count). The Balaban J connectivity index is 1.42. The highest BCUT2D eigenvalue weighted by Crippen LogP contribution is 2.35. The maximum Gasteiger partial charge on any atom is 0.293 e. The van der Waals surface area contributed by atoms with Gasteiger partial charge in [0.25, 0.3) is 17.1 Å². The van der Waals surface area contributed by atoms with Crippen LogP contribution >= 0.6 is 11.8 Å². The number of rotatable bonds is 8. The van der Waals surface area contributed by atoms with E-state index >= 15 is 0 Å². The summed E-state index contributed by atoms with van der Waals surface area (Å²) in [5.41, 5.74) is 5.42. The third-order valence-corrected chi connectivity index (χ3v) is 6.75. The quantitative estimate of drug-likeness (QED) is 0.377. The number of hydrogen-bond donors (Lipinski definition) is 1. The van der Waals surface area contributed by atoms with Crippen molar-refractivity contribution in [2.45, 2.75) is 27.3 Å². The summed E-state index contributed by atoms with van der Waals surface area (Å²) >= 11 is 0.907. The van der Waals surface area contributed by atoms with Gasteiger partial charge in [0.05, 0.1) is 18.6 Å². The lowest BCUT2D eigenvalue weighted by atomic mass is 10.1. The van der Waals surface area contributed by atoms with Crippen LogP contribution in [0.4, 0.5) is 10.5 Å². The molecule has 0 unspecified atom stereocenters. The van der Waals surface area contributed by atoms with Crippen LogP contribution < -0.4 is 14.8 Å². The predicted molar refractivity (Wildman–Crippen MR) is 146 cm³/mol. The summed E-state index contributed by atoms with van der Waals surface area (Å²) in [5, 5.41) is 2.55. The zero-order chi connectivity index (χ0) is 26.5. The molecule has 0 atom stereocenters. The number of carbonyl (C=O) groups is 3. The molecule has 3 amide bonds. The predicted octanol–water partition coefficient (Wildman–Crippen LogP) is 5.87. The zero-order valence-electron chi connectivity index (χ0n) is 21.2. The number of benzene rings is 3. The highest BCUT2D eigenvalue weighted by Gasteiger charge is 2.35. The van der Waals surface area contributed by atoms with Gasteiger partial charge in [-0.3, -0.25) is 19.3 Å². The first-order chi connectivity index (χ1) is 17.7. The molecule has 37 heavy (non-hydrogen) atoms. The second-order valence-electron chi connectivity index (χ2n) is 8.82. The average Bonchev–Trinajstić information content (AvgIpc) is 3.13. The van der Waals surface area contributed by atoms with Crippen molar-refractivity contribution in [1.82, 2.24) is 4.90 Å². The molecule has 190 valence electrons. The van der Waals surface area contributed by atoms with Crippen molar-refractivity contribution in [2.24, 2.45) is 0 Å². The summed E-state index contributed by atoms with van der Waals surface area (Å²) in [6.07, 6.45) is 1.65. The van der Waals surface area contributed by atoms with Crippen LogP contribution in [-0.4, -0.2) is 35.7 Å². The Hall–Kier alpha value is -4.04. The minimum Gasteiger partial charge on any atom is -0.493 e. The lowest BCUT2D eigenvalue weighted by molar-refractivity contribution is -0.123. The van der Waals surface area contributed by atoms with E-state index < -0.39 is 0 Å². The minimum atomic E-state index is -0.335. The number of anilines is 1. The van der Waals surface area contributed by atoms with Gasteiger partial charge in [0.15, 0.2) is 18.1 Å². The number of nitrogens with one attached hydrogen (secondary N) is 1. The lowest BCUT2D eigenvalue weighted by Crippen LogP contribution is -2.27. The molecular formula is C29H28N2O5S. The Kier molecular flexibility index (Phi) is 7.98. The molecule has 1 saturated heterocycles. The maximum absolute atomic E-state index is 12.9. The molecule has 1 aliphatic rings. The van der Waals surface area contributed by atoms with Crippen molar-refractivity contribution in [3.8, 4) is 11.5 Å². The van der Waals surface area contributed by atoms with Gasteiger partial charge in [0.1, 0.15) is 0 Å². The molecule has 8 heteroatoms. The largest absolute Gasteiger partial charge is 0.493 e. The summed E-state index contributed by atoms with van der Waals surface area (Å²) in [7, 11) is 1.50. The van der Waals surface area contributed by atoms with Gasteiger partial charge in [-0.1, -0.05) is 48.0 Å². The molecule has 0 aromatic heterocycles. The van der Waals surface area contributed by atoms with Crippen LogP contribution in [0.3, 0.4) is 0 Å². The van der Waals surface area contributed by atoms with Crippen LogP contribution in [0.2, 0.25) is 0 Å². The van der Waals surface area contributed by atoms with Crippen LogP contribution in [0.15, 0.2) is 65.6 Å². The fourth-order valence-corrected chi connectivity index (χ4v) is 4.60. The maximum atomic E-state index is 12.9. The first-order valence-corrected chi connectivity index (χ1v) is 12.5. The molecule has 7 nitrogen and oxygen atoms in total. The smallest absolute Gasteiger partial charge is 0.293 e. The van der Waals surface area contributed by atoms with Crippen molar-refractivity contribution in [3.05, 3.63) is 93.4 Å². The Morgan fingerprint density at radius 2 is 1.68 bits per heavy atom. The van der Waals surface area contributed by atoms with Gasteiger partial charge in [-0.2, -0.15) is 0 Å². The molecular weight excluding hydrogens is 488 g/mol. The van der Waals surface area contributed by atoms with Gasteiger partial charge in [-0.05, 0) is 79.1 Å². The Morgan fingerprint density at radius 3 is 2.41 bits per heavy atom. The second kappa shape index (κ2) is 11.3. The highest BCUT2D eigenvalue weighted by atomic mass is 32.2. The first kappa shape index (κ1) is 26.0. The van der Waals surface area contributed by atoms with Gasteiger partial charge >= 0.3 is 0 Å². The Morgan fingerprint density at radius 1 is 0.946 bits per heavy atom. The topological polar surface area (TPSA) is 84.9 Å². The number of amides is 3. The number of ether oxygens (including phenoxy) is 2. The fourth-order valence-electron chi connectivity index (χ4n) is 3.76. The standard InChI is InChI=1S/C29H28N2O5S/c1-18-6-9-21(10-7-18)16-31-28(33)26(37-29(31)34)15-22-11-12-24(25(14-22)35-4)36-17-27(32)30-23-13-19(2)5-8-20(23)3/h5-15H,16-17H2,1-4H3,(H,30,32)/b26-15-. The number of imide groups is 1. The summed E-state index contributed by atoms with van der Waals surface area (Å²) in [4.78, 5) is 39.4. The average molecular weight is 517 g/mol. The van der Waals surface area contributed by atoms with Crippen molar-refractivity contribution in [3.63, 3.8) is 0 Å². The molecule has 1 N–H and O–H groups in total. The van der Waals surface area contributed by atoms with E-state index in [1.807, 2.05) is 63.2 Å². The summed E-state index contributed by atoms with van der Waals surface area (Å²) < 4.78 is 11.1. The van der Waals surface area contributed by atoms with Crippen molar-refractivity contribution < 1.29 is 23.9 Å². The second-order valence-corrected chi connectivity index (χ2v) is 9.81. The van der Waals surface area contributed by atoms with E-state index in [4.69, 9.17) is 9.47 Å². The number of methoxy groups -OCH3 is 1. The molecule has 0 saturated carbocycles. The first-order valence-electron chi connectivity index (χ1n) is 11.7.